The van der Waals surface area contributed by atoms with Gasteiger partial charge < -0.3 is 34.5 Å². The molecule has 2 aromatic carbocycles. The minimum atomic E-state index is -4.48. The van der Waals surface area contributed by atoms with Gasteiger partial charge in [0.2, 0.25) is 11.8 Å². The quantitative estimate of drug-likeness (QED) is 0.149. The van der Waals surface area contributed by atoms with E-state index in [-0.39, 0.29) is 17.4 Å². The molecule has 3 N–H and O–H groups in total. The summed E-state index contributed by atoms with van der Waals surface area (Å²) in [6.07, 6.45) is -0.161. The van der Waals surface area contributed by atoms with Gasteiger partial charge in [-0.2, -0.15) is 13.2 Å². The first-order valence-electron chi connectivity index (χ1n) is 16.6. The third-order valence-electron chi connectivity index (χ3n) is 8.37. The Morgan fingerprint density at radius 2 is 1.49 bits per heavy atom. The Labute approximate surface area is 312 Å². The Hall–Kier alpha value is -6.75. The van der Waals surface area contributed by atoms with Gasteiger partial charge in [0.15, 0.2) is 0 Å². The van der Waals surface area contributed by atoms with Crippen LogP contribution in [0.15, 0.2) is 97.3 Å². The van der Waals surface area contributed by atoms with Gasteiger partial charge in [-0.3, -0.25) is 14.5 Å². The van der Waals surface area contributed by atoms with E-state index in [4.69, 9.17) is 19.7 Å². The van der Waals surface area contributed by atoms with Crippen molar-refractivity contribution in [3.05, 3.63) is 120 Å². The van der Waals surface area contributed by atoms with Crippen molar-refractivity contribution in [1.29, 1.82) is 0 Å². The van der Waals surface area contributed by atoms with E-state index in [2.05, 4.69) is 20.2 Å². The molecule has 2 amide bonds. The average Bonchev–Trinajstić information content (AvgIpc) is 3.50. The number of pyridine rings is 2. The van der Waals surface area contributed by atoms with Crippen molar-refractivity contribution in [3.63, 3.8) is 0 Å². The number of aryl methyl sites for hydroxylation is 1. The van der Waals surface area contributed by atoms with Crippen LogP contribution in [0.2, 0.25) is 0 Å². The van der Waals surface area contributed by atoms with Crippen LogP contribution in [0.5, 0.6) is 17.5 Å². The number of benzene rings is 2. The number of nitrogens with one attached hydrogen (secondary N) is 1. The van der Waals surface area contributed by atoms with Crippen LogP contribution >= 0.6 is 0 Å². The predicted molar refractivity (Wildman–Crippen MR) is 193 cm³/mol. The molecule has 0 atom stereocenters. The third kappa shape index (κ3) is 10.7. The predicted octanol–water partition coefficient (Wildman–Crippen LogP) is 5.71. The van der Waals surface area contributed by atoms with Crippen LogP contribution < -0.4 is 14.8 Å². The summed E-state index contributed by atoms with van der Waals surface area (Å²) in [7, 11) is 3.45. The van der Waals surface area contributed by atoms with Gasteiger partial charge in [-0.15, -0.1) is 0 Å². The number of piperazine rings is 1. The van der Waals surface area contributed by atoms with E-state index >= 15 is 0 Å². The van der Waals surface area contributed by atoms with Gasteiger partial charge in [-0.25, -0.2) is 19.6 Å². The Morgan fingerprint density at radius 1 is 0.836 bits per heavy atom. The van der Waals surface area contributed by atoms with Crippen molar-refractivity contribution >= 4 is 40.3 Å². The summed E-state index contributed by atoms with van der Waals surface area (Å²) >= 11 is 0. The van der Waals surface area contributed by atoms with Gasteiger partial charge in [0, 0.05) is 86.7 Å². The van der Waals surface area contributed by atoms with Crippen LogP contribution in [0, 0.1) is 0 Å². The average molecular weight is 761 g/mol. The van der Waals surface area contributed by atoms with Crippen molar-refractivity contribution in [2.75, 3.05) is 38.6 Å². The maximum absolute atomic E-state index is 13.5. The number of hydrogen-bond donors (Lipinski definition) is 3. The molecule has 0 aliphatic carbocycles. The SMILES string of the molecule is COc1ccc(CN2CCN(C(=O)c3cc4cc(Oc5ccc(NC(=O)c6ccc(C(F)(F)F)cc6)cn5)ccc4n3C)CC2)cn1.O=C(O)/C=C\C(=O)O. The number of amides is 2. The first-order valence-corrected chi connectivity index (χ1v) is 16.6. The van der Waals surface area contributed by atoms with Gasteiger partial charge in [0.25, 0.3) is 11.8 Å². The number of carboxylic acid groups (broad SMARTS) is 2. The van der Waals surface area contributed by atoms with Gasteiger partial charge >= 0.3 is 18.1 Å². The van der Waals surface area contributed by atoms with Crippen molar-refractivity contribution in [2.45, 2.75) is 12.7 Å². The lowest BCUT2D eigenvalue weighted by Crippen LogP contribution is -2.48. The van der Waals surface area contributed by atoms with Gasteiger partial charge in [0.05, 0.1) is 24.6 Å². The number of hydrogen-bond acceptors (Lipinski definition) is 9. The van der Waals surface area contributed by atoms with Gasteiger partial charge in [-0.1, -0.05) is 6.07 Å². The van der Waals surface area contributed by atoms with E-state index in [1.54, 1.807) is 25.3 Å². The Balaban J connectivity index is 0.000000654. The molecule has 0 radical (unpaired) electrons. The highest BCUT2D eigenvalue weighted by atomic mass is 19.4. The zero-order valence-corrected chi connectivity index (χ0v) is 29.5. The number of alkyl halides is 3. The first kappa shape index (κ1) is 39.5. The fraction of sp³-hybridized carbons (Fsp3) is 0.211. The molecule has 1 fully saturated rings. The molecule has 14 nitrogen and oxygen atoms in total. The zero-order valence-electron chi connectivity index (χ0n) is 29.5. The number of fused-ring (bicyclic) bond motifs is 1. The number of anilines is 1. The summed E-state index contributed by atoms with van der Waals surface area (Å²) in [6, 6.07) is 18.3. The number of carbonyl (C=O) groups excluding carboxylic acids is 2. The number of methoxy groups -OCH3 is 1. The zero-order chi connectivity index (χ0) is 39.7. The molecule has 1 saturated heterocycles. The van der Waals surface area contributed by atoms with E-state index in [1.807, 2.05) is 53.0 Å². The highest BCUT2D eigenvalue weighted by Gasteiger charge is 2.30. The largest absolute Gasteiger partial charge is 0.481 e. The summed E-state index contributed by atoms with van der Waals surface area (Å²) in [5, 5.41) is 19.1. The molecule has 0 spiro atoms. The number of halogens is 3. The van der Waals surface area contributed by atoms with Gasteiger partial charge in [-0.05, 0) is 60.2 Å². The lowest BCUT2D eigenvalue weighted by atomic mass is 10.1. The van der Waals surface area contributed by atoms with E-state index in [0.717, 1.165) is 60.4 Å². The lowest BCUT2D eigenvalue weighted by molar-refractivity contribution is -0.137. The van der Waals surface area contributed by atoms with Crippen molar-refractivity contribution in [1.82, 2.24) is 24.3 Å². The van der Waals surface area contributed by atoms with Crippen LogP contribution in [0.4, 0.5) is 18.9 Å². The van der Waals surface area contributed by atoms with Crippen LogP contribution in [0.3, 0.4) is 0 Å². The maximum Gasteiger partial charge on any atom is 0.416 e. The standard InChI is InChI=1S/C34H31F3N6O4.C4H4O4/c1-41-28-10-9-27(47-31-12-8-26(20-39-31)40-32(44)23-4-6-25(7-5-23)34(35,36)37)17-24(28)18-29(41)33(45)43-15-13-42(14-16-43)21-22-3-11-30(46-2)38-19-22;5-3(6)1-2-4(7)8/h3-12,17-20H,13-16,21H2,1-2H3,(H,40,44);1-2H,(H,5,6)(H,7,8)/b;2-1-. The molecule has 286 valence electrons. The number of rotatable bonds is 10. The highest BCUT2D eigenvalue weighted by molar-refractivity contribution is 6.04. The number of aromatic nitrogens is 3. The number of nitrogens with zero attached hydrogens (tertiary/aromatic N) is 5. The second kappa shape index (κ2) is 17.4. The fourth-order valence-corrected chi connectivity index (χ4v) is 5.54. The molecule has 55 heavy (non-hydrogen) atoms. The number of carbonyl (C=O) groups is 4. The lowest BCUT2D eigenvalue weighted by Gasteiger charge is -2.34. The minimum Gasteiger partial charge on any atom is -0.481 e. The van der Waals surface area contributed by atoms with Crippen LogP contribution in [0.25, 0.3) is 10.9 Å². The minimum absolute atomic E-state index is 0.0347. The fourth-order valence-electron chi connectivity index (χ4n) is 5.54. The summed E-state index contributed by atoms with van der Waals surface area (Å²) in [5.41, 5.74) is 2.14. The molecule has 4 heterocycles. The topological polar surface area (TPSA) is 176 Å². The molecule has 5 aromatic rings. The van der Waals surface area contributed by atoms with Crippen LogP contribution in [-0.4, -0.2) is 91.6 Å². The molecule has 0 unspecified atom stereocenters. The van der Waals surface area contributed by atoms with E-state index in [1.165, 1.54) is 6.20 Å². The maximum atomic E-state index is 13.5. The van der Waals surface area contributed by atoms with E-state index in [9.17, 15) is 32.3 Å². The summed E-state index contributed by atoms with van der Waals surface area (Å²) in [5.74, 6) is -1.76. The Kier molecular flexibility index (Phi) is 12.5. The normalized spacial score (nSPS) is 13.2. The molecular weight excluding hydrogens is 725 g/mol. The first-order chi connectivity index (χ1) is 26.2. The molecule has 1 aliphatic rings. The van der Waals surface area contributed by atoms with Crippen LogP contribution in [-0.2, 0) is 29.4 Å². The number of aliphatic carboxylic acids is 2. The molecule has 3 aromatic heterocycles. The summed E-state index contributed by atoms with van der Waals surface area (Å²) in [6.45, 7) is 3.49. The molecule has 17 heteroatoms. The second-order valence-electron chi connectivity index (χ2n) is 12.1. The van der Waals surface area contributed by atoms with E-state index in [0.29, 0.717) is 48.3 Å². The molecular formula is C38H35F3N6O8. The van der Waals surface area contributed by atoms with Crippen LogP contribution in [0.1, 0.15) is 32.0 Å². The monoisotopic (exact) mass is 760 g/mol. The number of carboxylic acids is 2. The highest BCUT2D eigenvalue weighted by Crippen LogP contribution is 2.30. The number of ether oxygens (including phenoxy) is 2. The summed E-state index contributed by atoms with van der Waals surface area (Å²) in [4.78, 5) is 57.7. The summed E-state index contributed by atoms with van der Waals surface area (Å²) < 4.78 is 51.3. The van der Waals surface area contributed by atoms with Crippen molar-refractivity contribution < 1.29 is 52.0 Å². The van der Waals surface area contributed by atoms with Crippen molar-refractivity contribution in [3.8, 4) is 17.5 Å². The third-order valence-corrected chi connectivity index (χ3v) is 8.37. The molecule has 6 rings (SSSR count). The molecule has 1 aliphatic heterocycles. The second-order valence-corrected chi connectivity index (χ2v) is 12.1. The molecule has 0 bridgehead atoms. The van der Waals surface area contributed by atoms with E-state index < -0.39 is 29.6 Å². The molecule has 0 saturated carbocycles. The van der Waals surface area contributed by atoms with Gasteiger partial charge in [0.1, 0.15) is 11.4 Å². The Morgan fingerprint density at radius 3 is 2.05 bits per heavy atom. The Bertz CT molecular complexity index is 2160. The van der Waals surface area contributed by atoms with Crippen molar-refractivity contribution in [2.24, 2.45) is 7.05 Å². The smallest absolute Gasteiger partial charge is 0.416 e.